The smallest absolute Gasteiger partial charge is 0.156 e. The number of halogens is 1. The minimum absolute atomic E-state index is 0.0984. The predicted molar refractivity (Wildman–Crippen MR) is 98.2 cm³/mol. The molecule has 0 radical (unpaired) electrons. The quantitative estimate of drug-likeness (QED) is 0.721. The van der Waals surface area contributed by atoms with Gasteiger partial charge in [0.15, 0.2) is 5.15 Å². The van der Waals surface area contributed by atoms with Crippen LogP contribution in [0.2, 0.25) is 5.15 Å². The van der Waals surface area contributed by atoms with E-state index in [1.165, 1.54) is 5.56 Å². The first-order valence-electron chi connectivity index (χ1n) is 8.88. The Morgan fingerprint density at radius 2 is 2.04 bits per heavy atom. The van der Waals surface area contributed by atoms with Gasteiger partial charge in [0.2, 0.25) is 0 Å². The van der Waals surface area contributed by atoms with Crippen LogP contribution in [0.1, 0.15) is 37.3 Å². The zero-order chi connectivity index (χ0) is 17.5. The zero-order valence-corrected chi connectivity index (χ0v) is 15.3. The van der Waals surface area contributed by atoms with E-state index in [0.29, 0.717) is 18.3 Å². The molecule has 1 unspecified atom stereocenters. The van der Waals surface area contributed by atoms with Crippen LogP contribution in [0.25, 0.3) is 11.3 Å². The molecule has 1 fully saturated rings. The molecule has 0 amide bonds. The van der Waals surface area contributed by atoms with Crippen LogP contribution >= 0.6 is 11.6 Å². The van der Waals surface area contributed by atoms with E-state index in [1.54, 1.807) is 0 Å². The number of nitrogens with one attached hydrogen (secondary N) is 1. The number of nitrogens with zero attached hydrogens (tertiary/aromatic N) is 2. The van der Waals surface area contributed by atoms with E-state index >= 15 is 0 Å². The molecule has 0 aliphatic carbocycles. The molecule has 3 rings (SSSR count). The van der Waals surface area contributed by atoms with Crippen molar-refractivity contribution in [1.29, 1.82) is 0 Å². The van der Waals surface area contributed by atoms with Gasteiger partial charge in [0.05, 0.1) is 12.3 Å². The minimum atomic E-state index is 0.0984. The minimum Gasteiger partial charge on any atom is -0.310 e. The Kier molecular flexibility index (Phi) is 6.76. The Bertz CT molecular complexity index is 676. The van der Waals surface area contributed by atoms with E-state index in [0.717, 1.165) is 49.0 Å². The van der Waals surface area contributed by atoms with E-state index in [9.17, 15) is 0 Å². The van der Waals surface area contributed by atoms with Crippen LogP contribution in [0.3, 0.4) is 0 Å². The molecular formula is C19H24ClN3O2. The van der Waals surface area contributed by atoms with Gasteiger partial charge in [-0.25, -0.2) is 9.78 Å². The number of benzene rings is 1. The topological polar surface area (TPSA) is 56.3 Å². The van der Waals surface area contributed by atoms with Gasteiger partial charge in [0.1, 0.15) is 6.10 Å². The molecule has 1 atom stereocenters. The summed E-state index contributed by atoms with van der Waals surface area (Å²) in [5, 5.41) is 12.5. The normalized spacial score (nSPS) is 17.1. The number of aromatic nitrogens is 2. The van der Waals surface area contributed by atoms with Crippen LogP contribution < -0.4 is 5.32 Å². The van der Waals surface area contributed by atoms with E-state index in [4.69, 9.17) is 21.4 Å². The van der Waals surface area contributed by atoms with Crippen molar-refractivity contribution in [2.75, 3.05) is 13.2 Å². The van der Waals surface area contributed by atoms with Gasteiger partial charge >= 0.3 is 0 Å². The summed E-state index contributed by atoms with van der Waals surface area (Å²) >= 11 is 6.39. The largest absolute Gasteiger partial charge is 0.310 e. The summed E-state index contributed by atoms with van der Waals surface area (Å²) in [4.78, 5) is 10.1. The van der Waals surface area contributed by atoms with Gasteiger partial charge < -0.3 is 5.32 Å². The van der Waals surface area contributed by atoms with Gasteiger partial charge in [-0.1, -0.05) is 55.3 Å². The van der Waals surface area contributed by atoms with Crippen LogP contribution in [0.4, 0.5) is 0 Å². The Morgan fingerprint density at radius 1 is 1.20 bits per heavy atom. The van der Waals surface area contributed by atoms with Crippen LogP contribution in [0.15, 0.2) is 30.3 Å². The average molecular weight is 362 g/mol. The second-order valence-electron chi connectivity index (χ2n) is 6.23. The Morgan fingerprint density at radius 3 is 2.76 bits per heavy atom. The lowest BCUT2D eigenvalue weighted by Gasteiger charge is -2.16. The van der Waals surface area contributed by atoms with Crippen LogP contribution in [-0.2, 0) is 22.7 Å². The Labute approximate surface area is 153 Å². The van der Waals surface area contributed by atoms with Crippen molar-refractivity contribution in [3.05, 3.63) is 46.6 Å². The lowest BCUT2D eigenvalue weighted by molar-refractivity contribution is -0.273. The molecule has 6 heteroatoms. The third kappa shape index (κ3) is 4.76. The fraction of sp³-hybridized carbons (Fsp3) is 0.474. The second kappa shape index (κ2) is 9.25. The molecule has 1 aromatic heterocycles. The van der Waals surface area contributed by atoms with Gasteiger partial charge in [-0.05, 0) is 18.4 Å². The van der Waals surface area contributed by atoms with Crippen molar-refractivity contribution >= 4 is 11.6 Å². The summed E-state index contributed by atoms with van der Waals surface area (Å²) in [5.74, 6) is 0. The summed E-state index contributed by atoms with van der Waals surface area (Å²) in [6.07, 6.45) is 4.16. The van der Waals surface area contributed by atoms with Gasteiger partial charge in [-0.15, -0.1) is 10.2 Å². The van der Waals surface area contributed by atoms with Gasteiger partial charge in [-0.3, -0.25) is 0 Å². The van der Waals surface area contributed by atoms with Crippen LogP contribution in [-0.4, -0.2) is 29.5 Å². The van der Waals surface area contributed by atoms with E-state index in [2.05, 4.69) is 34.6 Å². The first kappa shape index (κ1) is 18.3. The van der Waals surface area contributed by atoms with E-state index in [-0.39, 0.29) is 6.10 Å². The van der Waals surface area contributed by atoms with E-state index < -0.39 is 0 Å². The highest BCUT2D eigenvalue weighted by molar-refractivity contribution is 6.30. The highest BCUT2D eigenvalue weighted by Gasteiger charge is 2.19. The first-order valence-corrected chi connectivity index (χ1v) is 9.25. The number of unbranched alkanes of at least 4 members (excludes halogenated alkanes) is 1. The van der Waals surface area contributed by atoms with Gasteiger partial charge in [-0.2, -0.15) is 0 Å². The van der Waals surface area contributed by atoms with Gasteiger partial charge in [0, 0.05) is 30.6 Å². The fourth-order valence-electron chi connectivity index (χ4n) is 2.98. The number of rotatable bonds is 8. The molecule has 0 saturated carbocycles. The summed E-state index contributed by atoms with van der Waals surface area (Å²) in [5.41, 5.74) is 4.22. The third-order valence-corrected chi connectivity index (χ3v) is 4.67. The molecular weight excluding hydrogens is 338 g/mol. The maximum absolute atomic E-state index is 6.39. The monoisotopic (exact) mass is 361 g/mol. The first-order chi connectivity index (χ1) is 12.3. The van der Waals surface area contributed by atoms with E-state index in [1.807, 2.05) is 18.2 Å². The molecule has 25 heavy (non-hydrogen) atoms. The summed E-state index contributed by atoms with van der Waals surface area (Å²) in [6.45, 7) is 4.22. The fourth-order valence-corrected chi connectivity index (χ4v) is 3.20. The maximum atomic E-state index is 6.39. The molecule has 0 spiro atoms. The van der Waals surface area contributed by atoms with Crippen molar-refractivity contribution in [3.8, 4) is 11.3 Å². The van der Waals surface area contributed by atoms with Gasteiger partial charge in [0.25, 0.3) is 0 Å². The molecule has 1 aliphatic heterocycles. The SMILES string of the molecule is CCCCc1c(-c2ccccc2)nnc(Cl)c1CNCC1CCOO1. The van der Waals surface area contributed by atoms with Crippen LogP contribution in [0, 0.1) is 0 Å². The second-order valence-corrected chi connectivity index (χ2v) is 6.58. The molecule has 1 aromatic carbocycles. The Hall–Kier alpha value is -1.53. The average Bonchev–Trinajstić information content (AvgIpc) is 3.16. The lowest BCUT2D eigenvalue weighted by Crippen LogP contribution is -2.26. The highest BCUT2D eigenvalue weighted by Crippen LogP contribution is 2.28. The molecule has 5 nitrogen and oxygen atoms in total. The zero-order valence-electron chi connectivity index (χ0n) is 14.5. The van der Waals surface area contributed by atoms with Crippen molar-refractivity contribution < 1.29 is 9.78 Å². The number of hydrogen-bond donors (Lipinski definition) is 1. The molecule has 1 N–H and O–H groups in total. The maximum Gasteiger partial charge on any atom is 0.156 e. The van der Waals surface area contributed by atoms with Crippen LogP contribution in [0.5, 0.6) is 0 Å². The molecule has 2 heterocycles. The number of hydrogen-bond acceptors (Lipinski definition) is 5. The summed E-state index contributed by atoms with van der Waals surface area (Å²) in [6, 6.07) is 10.2. The molecule has 1 aliphatic rings. The predicted octanol–water partition coefficient (Wildman–Crippen LogP) is 3.95. The summed E-state index contributed by atoms with van der Waals surface area (Å²) < 4.78 is 0. The van der Waals surface area contributed by atoms with Crippen molar-refractivity contribution in [1.82, 2.24) is 15.5 Å². The highest BCUT2D eigenvalue weighted by atomic mass is 35.5. The molecule has 2 aromatic rings. The Balaban J connectivity index is 1.83. The van der Waals surface area contributed by atoms with Crippen molar-refractivity contribution in [2.45, 2.75) is 45.3 Å². The molecule has 1 saturated heterocycles. The molecule has 0 bridgehead atoms. The third-order valence-electron chi connectivity index (χ3n) is 4.37. The standard InChI is InChI=1S/C19H24ClN3O2/c1-2-3-9-16-17(13-21-12-15-10-11-24-25-15)19(20)23-22-18(16)14-7-5-4-6-8-14/h4-8,15,21H,2-3,9-13H2,1H3. The van der Waals surface area contributed by atoms with Crippen molar-refractivity contribution in [3.63, 3.8) is 0 Å². The summed E-state index contributed by atoms with van der Waals surface area (Å²) in [7, 11) is 0. The molecule has 134 valence electrons. The van der Waals surface area contributed by atoms with Crippen molar-refractivity contribution in [2.24, 2.45) is 0 Å². The lowest BCUT2D eigenvalue weighted by atomic mass is 9.97.